The molecule has 1 amide bonds. The zero-order valence-corrected chi connectivity index (χ0v) is 13.0. The van der Waals surface area contributed by atoms with Crippen LogP contribution >= 0.6 is 0 Å². The third-order valence-electron chi connectivity index (χ3n) is 4.39. The summed E-state index contributed by atoms with van der Waals surface area (Å²) in [6.07, 6.45) is -1.00. The van der Waals surface area contributed by atoms with Crippen molar-refractivity contribution in [1.29, 1.82) is 0 Å². The molecule has 0 spiro atoms. The maximum atomic E-state index is 12.5. The average Bonchev–Trinajstić information content (AvgIpc) is 3.32. The molecule has 1 aromatic rings. The van der Waals surface area contributed by atoms with Gasteiger partial charge in [0.2, 0.25) is 0 Å². The predicted octanol–water partition coefficient (Wildman–Crippen LogP) is 2.66. The molecule has 0 aromatic carbocycles. The number of nitrogens with zero attached hydrogens (tertiary/aromatic N) is 3. The summed E-state index contributed by atoms with van der Waals surface area (Å²) in [7, 11) is 0. The molecule has 1 unspecified atom stereocenters. The lowest BCUT2D eigenvalue weighted by atomic mass is 10.1. The van der Waals surface area contributed by atoms with Crippen molar-refractivity contribution in [2.75, 3.05) is 26.2 Å². The summed E-state index contributed by atoms with van der Waals surface area (Å²) >= 11 is 0. The van der Waals surface area contributed by atoms with Gasteiger partial charge in [-0.1, -0.05) is 6.92 Å². The summed E-state index contributed by atoms with van der Waals surface area (Å²) in [5, 5.41) is 0. The minimum absolute atomic E-state index is 0.213. The molecule has 1 atom stereocenters. The van der Waals surface area contributed by atoms with Crippen molar-refractivity contribution in [2.45, 2.75) is 32.0 Å². The van der Waals surface area contributed by atoms with Gasteiger partial charge in [0.15, 0.2) is 0 Å². The maximum Gasteiger partial charge on any atom is 0.433 e. The summed E-state index contributed by atoms with van der Waals surface area (Å²) in [5.74, 6) is 0.111. The molecule has 23 heavy (non-hydrogen) atoms. The predicted molar refractivity (Wildman–Crippen MR) is 78.9 cm³/mol. The smallest absolute Gasteiger partial charge is 0.337 e. The molecule has 0 bridgehead atoms. The van der Waals surface area contributed by atoms with Gasteiger partial charge in [-0.05, 0) is 30.9 Å². The zero-order chi connectivity index (χ0) is 16.6. The van der Waals surface area contributed by atoms with Crippen LogP contribution in [0.1, 0.15) is 35.8 Å². The van der Waals surface area contributed by atoms with Crippen molar-refractivity contribution >= 4 is 5.91 Å². The Hall–Kier alpha value is -1.63. The molecule has 126 valence electrons. The highest BCUT2D eigenvalue weighted by Gasteiger charge is 2.34. The van der Waals surface area contributed by atoms with Crippen LogP contribution in [-0.2, 0) is 6.18 Å². The molecule has 1 aliphatic heterocycles. The fraction of sp³-hybridized carbons (Fsp3) is 0.625. The molecular weight excluding hydrogens is 307 g/mol. The highest BCUT2D eigenvalue weighted by atomic mass is 19.4. The molecule has 1 saturated carbocycles. The molecule has 0 radical (unpaired) electrons. The Balaban J connectivity index is 1.69. The van der Waals surface area contributed by atoms with E-state index >= 15 is 0 Å². The first kappa shape index (κ1) is 16.2. The van der Waals surface area contributed by atoms with Crippen molar-refractivity contribution in [2.24, 2.45) is 5.92 Å². The molecule has 4 nitrogen and oxygen atoms in total. The van der Waals surface area contributed by atoms with Crippen LogP contribution in [0.4, 0.5) is 13.2 Å². The number of halogens is 3. The number of pyridine rings is 1. The Bertz CT molecular complexity index is 569. The summed E-state index contributed by atoms with van der Waals surface area (Å²) in [5.41, 5.74) is -0.761. The normalized spacial score (nSPS) is 23.7. The quantitative estimate of drug-likeness (QED) is 0.838. The van der Waals surface area contributed by atoms with Gasteiger partial charge >= 0.3 is 6.18 Å². The molecule has 1 saturated heterocycles. The third-order valence-corrected chi connectivity index (χ3v) is 4.39. The lowest BCUT2D eigenvalue weighted by Crippen LogP contribution is -2.36. The van der Waals surface area contributed by atoms with Crippen LogP contribution in [0.2, 0.25) is 0 Å². The van der Waals surface area contributed by atoms with Gasteiger partial charge in [-0.2, -0.15) is 13.2 Å². The summed E-state index contributed by atoms with van der Waals surface area (Å²) < 4.78 is 37.6. The first-order valence-corrected chi connectivity index (χ1v) is 7.91. The average molecular weight is 327 g/mol. The first-order chi connectivity index (χ1) is 10.8. The lowest BCUT2D eigenvalue weighted by molar-refractivity contribution is -0.141. The number of hydrogen-bond donors (Lipinski definition) is 0. The molecule has 1 aromatic heterocycles. The Kier molecular flexibility index (Phi) is 4.31. The number of carbonyl (C=O) groups excluding carboxylic acids is 1. The second-order valence-electron chi connectivity index (χ2n) is 6.51. The van der Waals surface area contributed by atoms with Crippen LogP contribution in [0.15, 0.2) is 18.3 Å². The molecule has 7 heteroatoms. The molecule has 2 fully saturated rings. The number of amides is 1. The molecule has 1 aliphatic carbocycles. The molecule has 2 heterocycles. The summed E-state index contributed by atoms with van der Waals surface area (Å²) in [6.45, 7) is 5.14. The number of carbonyl (C=O) groups is 1. The van der Waals surface area contributed by atoms with Crippen LogP contribution in [-0.4, -0.2) is 52.9 Å². The van der Waals surface area contributed by atoms with Crippen LogP contribution in [0.3, 0.4) is 0 Å². The van der Waals surface area contributed by atoms with Crippen molar-refractivity contribution in [3.8, 4) is 0 Å². The van der Waals surface area contributed by atoms with Gasteiger partial charge in [-0.25, -0.2) is 0 Å². The van der Waals surface area contributed by atoms with Crippen molar-refractivity contribution < 1.29 is 18.0 Å². The second kappa shape index (κ2) is 6.11. The summed E-state index contributed by atoms with van der Waals surface area (Å²) in [4.78, 5) is 20.1. The van der Waals surface area contributed by atoms with E-state index in [4.69, 9.17) is 0 Å². The van der Waals surface area contributed by atoms with E-state index in [0.29, 0.717) is 25.0 Å². The Morgan fingerprint density at radius 1 is 1.22 bits per heavy atom. The second-order valence-corrected chi connectivity index (χ2v) is 6.51. The number of aromatic nitrogens is 1. The van der Waals surface area contributed by atoms with E-state index in [9.17, 15) is 18.0 Å². The Morgan fingerprint density at radius 3 is 2.52 bits per heavy atom. The molecule has 2 aliphatic rings. The standard InChI is InChI=1S/C16H20F3N3O/c1-11-9-21(13-3-4-13)6-7-22(10-11)15(23)12-2-5-14(20-8-12)16(17,18)19/h2,5,8,11,13H,3-4,6-7,9-10H2,1H3. The fourth-order valence-corrected chi connectivity index (χ4v) is 3.09. The van der Waals surface area contributed by atoms with Gasteiger partial charge in [0.25, 0.3) is 5.91 Å². The van der Waals surface area contributed by atoms with Gasteiger partial charge in [-0.15, -0.1) is 0 Å². The first-order valence-electron chi connectivity index (χ1n) is 7.91. The van der Waals surface area contributed by atoms with Gasteiger partial charge in [0.1, 0.15) is 5.69 Å². The zero-order valence-electron chi connectivity index (χ0n) is 13.0. The number of hydrogen-bond acceptors (Lipinski definition) is 3. The minimum atomic E-state index is -4.48. The van der Waals surface area contributed by atoms with E-state index in [1.54, 1.807) is 4.90 Å². The largest absolute Gasteiger partial charge is 0.433 e. The number of alkyl halides is 3. The van der Waals surface area contributed by atoms with E-state index in [2.05, 4.69) is 16.8 Å². The molecule has 3 rings (SSSR count). The van der Waals surface area contributed by atoms with Crippen molar-refractivity contribution in [3.63, 3.8) is 0 Å². The number of rotatable bonds is 2. The van der Waals surface area contributed by atoms with E-state index in [1.807, 2.05) is 0 Å². The lowest BCUT2D eigenvalue weighted by Gasteiger charge is -2.22. The van der Waals surface area contributed by atoms with E-state index in [-0.39, 0.29) is 11.5 Å². The van der Waals surface area contributed by atoms with E-state index in [0.717, 1.165) is 25.4 Å². The van der Waals surface area contributed by atoms with Gasteiger partial charge < -0.3 is 4.90 Å². The third kappa shape index (κ3) is 3.83. The van der Waals surface area contributed by atoms with Gasteiger partial charge in [-0.3, -0.25) is 14.7 Å². The van der Waals surface area contributed by atoms with Crippen molar-refractivity contribution in [1.82, 2.24) is 14.8 Å². The van der Waals surface area contributed by atoms with Crippen LogP contribution in [0, 0.1) is 5.92 Å². The Morgan fingerprint density at radius 2 is 1.96 bits per heavy atom. The van der Waals surface area contributed by atoms with Gasteiger partial charge in [0, 0.05) is 38.4 Å². The highest BCUT2D eigenvalue weighted by Crippen LogP contribution is 2.29. The highest BCUT2D eigenvalue weighted by molar-refractivity contribution is 5.94. The van der Waals surface area contributed by atoms with Crippen LogP contribution in [0.5, 0.6) is 0 Å². The van der Waals surface area contributed by atoms with E-state index in [1.165, 1.54) is 18.9 Å². The monoisotopic (exact) mass is 327 g/mol. The fourth-order valence-electron chi connectivity index (χ4n) is 3.09. The molecular formula is C16H20F3N3O. The molecule has 0 N–H and O–H groups in total. The topological polar surface area (TPSA) is 36.4 Å². The Labute approximate surface area is 133 Å². The minimum Gasteiger partial charge on any atom is -0.337 e. The SMILES string of the molecule is CC1CN(C(=O)c2ccc(C(F)(F)F)nc2)CCN(C2CC2)C1. The maximum absolute atomic E-state index is 12.5. The summed E-state index contributed by atoms with van der Waals surface area (Å²) in [6, 6.07) is 2.73. The van der Waals surface area contributed by atoms with Crippen LogP contribution in [0.25, 0.3) is 0 Å². The van der Waals surface area contributed by atoms with Crippen LogP contribution < -0.4 is 0 Å². The van der Waals surface area contributed by atoms with Gasteiger partial charge in [0.05, 0.1) is 5.56 Å². The van der Waals surface area contributed by atoms with Crippen molar-refractivity contribution in [3.05, 3.63) is 29.6 Å². The van der Waals surface area contributed by atoms with E-state index < -0.39 is 11.9 Å².